The Morgan fingerprint density at radius 2 is 2.17 bits per heavy atom. The molecule has 0 radical (unpaired) electrons. The van der Waals surface area contributed by atoms with Crippen molar-refractivity contribution in [2.24, 2.45) is 0 Å². The summed E-state index contributed by atoms with van der Waals surface area (Å²) in [5.41, 5.74) is 4.36. The Bertz CT molecular complexity index is 865. The molecule has 0 aliphatic heterocycles. The highest BCUT2D eigenvalue weighted by Gasteiger charge is 2.09. The van der Waals surface area contributed by atoms with Crippen molar-refractivity contribution in [3.05, 3.63) is 52.4 Å². The zero-order valence-corrected chi connectivity index (χ0v) is 14.7. The van der Waals surface area contributed by atoms with Crippen LogP contribution in [0.4, 0.5) is 0 Å². The average Bonchev–Trinajstić information content (AvgIpc) is 3.09. The second-order valence-electron chi connectivity index (χ2n) is 5.99. The highest BCUT2D eigenvalue weighted by Crippen LogP contribution is 2.25. The number of fused-ring (bicyclic) bond motifs is 1. The van der Waals surface area contributed by atoms with E-state index in [0.717, 1.165) is 33.7 Å². The Hall–Kier alpha value is -2.27. The first-order valence-electron chi connectivity index (χ1n) is 8.06. The lowest BCUT2D eigenvalue weighted by Crippen LogP contribution is -2.26. The fourth-order valence-corrected chi connectivity index (χ4v) is 3.07. The van der Waals surface area contributed by atoms with Gasteiger partial charge in [0.1, 0.15) is 0 Å². The Morgan fingerprint density at radius 3 is 2.92 bits per heavy atom. The number of aryl methyl sites for hydroxylation is 3. The van der Waals surface area contributed by atoms with Crippen molar-refractivity contribution in [2.75, 3.05) is 6.54 Å². The number of halogens is 1. The third kappa shape index (κ3) is 3.79. The second kappa shape index (κ2) is 7.09. The zero-order chi connectivity index (χ0) is 17.1. The molecule has 0 unspecified atom stereocenters. The first kappa shape index (κ1) is 16.6. The van der Waals surface area contributed by atoms with E-state index >= 15 is 0 Å². The molecule has 3 rings (SSSR count). The number of carbonyl (C=O) groups excluding carboxylic acids is 1. The largest absolute Gasteiger partial charge is 0.358 e. The molecule has 24 heavy (non-hydrogen) atoms. The second-order valence-corrected chi connectivity index (χ2v) is 6.43. The van der Waals surface area contributed by atoms with Crippen molar-refractivity contribution in [3.8, 4) is 0 Å². The Morgan fingerprint density at radius 1 is 1.33 bits per heavy atom. The van der Waals surface area contributed by atoms with E-state index in [0.29, 0.717) is 19.5 Å². The van der Waals surface area contributed by atoms with E-state index < -0.39 is 0 Å². The molecule has 0 aliphatic rings. The van der Waals surface area contributed by atoms with Gasteiger partial charge in [0.2, 0.25) is 5.91 Å². The van der Waals surface area contributed by atoms with E-state index in [9.17, 15) is 4.79 Å². The summed E-state index contributed by atoms with van der Waals surface area (Å²) >= 11 is 6.09. The van der Waals surface area contributed by atoms with Gasteiger partial charge in [-0.15, -0.1) is 0 Å². The van der Waals surface area contributed by atoms with E-state index in [1.54, 1.807) is 4.68 Å². The Kier molecular flexibility index (Phi) is 4.90. The van der Waals surface area contributed by atoms with Crippen LogP contribution >= 0.6 is 11.6 Å². The van der Waals surface area contributed by atoms with Gasteiger partial charge in [-0.05, 0) is 50.1 Å². The smallest absolute Gasteiger partial charge is 0.221 e. The predicted molar refractivity (Wildman–Crippen MR) is 96.3 cm³/mol. The number of aromatic nitrogens is 3. The number of benzene rings is 1. The van der Waals surface area contributed by atoms with Crippen LogP contribution in [0.15, 0.2) is 30.5 Å². The summed E-state index contributed by atoms with van der Waals surface area (Å²) in [7, 11) is 0. The summed E-state index contributed by atoms with van der Waals surface area (Å²) in [5, 5.41) is 9.10. The predicted octanol–water partition coefficient (Wildman–Crippen LogP) is 3.38. The average molecular weight is 345 g/mol. The minimum absolute atomic E-state index is 0.0404. The van der Waals surface area contributed by atoms with Gasteiger partial charge in [0.05, 0.1) is 5.69 Å². The molecule has 0 aliphatic carbocycles. The number of amides is 1. The van der Waals surface area contributed by atoms with Crippen LogP contribution in [0, 0.1) is 13.8 Å². The van der Waals surface area contributed by atoms with Crippen molar-refractivity contribution in [1.29, 1.82) is 0 Å². The third-order valence-corrected chi connectivity index (χ3v) is 4.36. The highest BCUT2D eigenvalue weighted by atomic mass is 35.5. The molecule has 1 amide bonds. The number of nitrogens with zero attached hydrogens (tertiary/aromatic N) is 2. The maximum Gasteiger partial charge on any atom is 0.221 e. The van der Waals surface area contributed by atoms with E-state index in [4.69, 9.17) is 11.6 Å². The number of nitrogens with one attached hydrogen (secondary N) is 2. The van der Waals surface area contributed by atoms with Crippen molar-refractivity contribution in [3.63, 3.8) is 0 Å². The normalized spacial score (nSPS) is 11.1. The fourth-order valence-electron chi connectivity index (χ4n) is 2.90. The van der Waals surface area contributed by atoms with Gasteiger partial charge in [-0.1, -0.05) is 11.6 Å². The van der Waals surface area contributed by atoms with E-state index in [1.807, 2.05) is 44.3 Å². The van der Waals surface area contributed by atoms with Gasteiger partial charge < -0.3 is 10.3 Å². The number of hydrogen-bond acceptors (Lipinski definition) is 2. The maximum absolute atomic E-state index is 12.0. The first-order valence-corrected chi connectivity index (χ1v) is 8.44. The van der Waals surface area contributed by atoms with Crippen molar-refractivity contribution < 1.29 is 4.79 Å². The number of hydrogen-bond donors (Lipinski definition) is 2. The van der Waals surface area contributed by atoms with Gasteiger partial charge in [-0.3, -0.25) is 9.48 Å². The topological polar surface area (TPSA) is 62.7 Å². The lowest BCUT2D eigenvalue weighted by atomic mass is 10.1. The summed E-state index contributed by atoms with van der Waals surface area (Å²) in [5.74, 6) is 0.0404. The van der Waals surface area contributed by atoms with Crippen LogP contribution in [0.3, 0.4) is 0 Å². The molecular weight excluding hydrogens is 324 g/mol. The van der Waals surface area contributed by atoms with Crippen LogP contribution in [-0.4, -0.2) is 27.2 Å². The number of rotatable bonds is 6. The Labute approximate surface area is 146 Å². The van der Waals surface area contributed by atoms with E-state index in [2.05, 4.69) is 15.4 Å². The van der Waals surface area contributed by atoms with E-state index in [-0.39, 0.29) is 5.91 Å². The Balaban J connectivity index is 1.53. The fraction of sp³-hybridized carbons (Fsp3) is 0.333. The van der Waals surface area contributed by atoms with Crippen LogP contribution in [-0.2, 0) is 17.8 Å². The van der Waals surface area contributed by atoms with Crippen LogP contribution in [0.5, 0.6) is 0 Å². The van der Waals surface area contributed by atoms with Crippen molar-refractivity contribution >= 4 is 28.4 Å². The van der Waals surface area contributed by atoms with E-state index in [1.165, 1.54) is 5.56 Å². The molecule has 0 saturated heterocycles. The van der Waals surface area contributed by atoms with Crippen LogP contribution in [0.1, 0.15) is 23.4 Å². The molecule has 126 valence electrons. The monoisotopic (exact) mass is 344 g/mol. The molecule has 0 saturated carbocycles. The summed E-state index contributed by atoms with van der Waals surface area (Å²) < 4.78 is 1.79. The van der Waals surface area contributed by atoms with Crippen LogP contribution < -0.4 is 5.32 Å². The first-order chi connectivity index (χ1) is 11.5. The van der Waals surface area contributed by atoms with Gasteiger partial charge in [0, 0.05) is 47.3 Å². The molecule has 3 aromatic rings. The molecule has 0 atom stereocenters. The highest BCUT2D eigenvalue weighted by molar-refractivity contribution is 6.31. The van der Waals surface area contributed by atoms with Gasteiger partial charge in [0.25, 0.3) is 0 Å². The van der Waals surface area contributed by atoms with Gasteiger partial charge in [0.15, 0.2) is 0 Å². The minimum atomic E-state index is 0.0404. The number of H-pyrrole nitrogens is 1. The quantitative estimate of drug-likeness (QED) is 0.720. The molecule has 5 nitrogen and oxygen atoms in total. The molecule has 0 fully saturated rings. The molecular formula is C18H21ClN4O. The molecule has 6 heteroatoms. The minimum Gasteiger partial charge on any atom is -0.358 e. The van der Waals surface area contributed by atoms with Gasteiger partial charge in [-0.25, -0.2) is 0 Å². The zero-order valence-electron chi connectivity index (χ0n) is 13.9. The lowest BCUT2D eigenvalue weighted by Gasteiger charge is -2.06. The molecule has 2 aromatic heterocycles. The molecule has 2 heterocycles. The number of aromatic amines is 1. The summed E-state index contributed by atoms with van der Waals surface area (Å²) in [6, 6.07) is 7.77. The van der Waals surface area contributed by atoms with Gasteiger partial charge >= 0.3 is 0 Å². The summed E-state index contributed by atoms with van der Waals surface area (Å²) in [6.07, 6.45) is 3.10. The summed E-state index contributed by atoms with van der Waals surface area (Å²) in [4.78, 5) is 15.3. The van der Waals surface area contributed by atoms with Gasteiger partial charge in [-0.2, -0.15) is 5.10 Å². The molecule has 0 spiro atoms. The van der Waals surface area contributed by atoms with Crippen molar-refractivity contribution in [1.82, 2.24) is 20.1 Å². The number of carbonyl (C=O) groups is 1. The molecule has 0 bridgehead atoms. The SMILES string of the molecule is Cc1ccn(CCC(=O)NCCc2c(C)[nH]c3ccc(Cl)cc23)n1. The van der Waals surface area contributed by atoms with Crippen LogP contribution in [0.2, 0.25) is 5.02 Å². The standard InChI is InChI=1S/C18H21ClN4O/c1-12-6-9-23(22-12)10-7-18(24)20-8-5-15-13(2)21-17-4-3-14(19)11-16(15)17/h3-4,6,9,11,21H,5,7-8,10H2,1-2H3,(H,20,24). The van der Waals surface area contributed by atoms with Crippen molar-refractivity contribution in [2.45, 2.75) is 33.2 Å². The third-order valence-electron chi connectivity index (χ3n) is 4.12. The molecule has 2 N–H and O–H groups in total. The lowest BCUT2D eigenvalue weighted by molar-refractivity contribution is -0.121. The van der Waals surface area contributed by atoms with Crippen LogP contribution in [0.25, 0.3) is 10.9 Å². The molecule has 1 aromatic carbocycles. The maximum atomic E-state index is 12.0. The summed E-state index contributed by atoms with van der Waals surface area (Å²) in [6.45, 7) is 5.19.